The molecule has 0 nitrogen and oxygen atoms in total. The van der Waals surface area contributed by atoms with Crippen LogP contribution in [0.25, 0.3) is 0 Å². The third-order valence-corrected chi connectivity index (χ3v) is 1.98. The summed E-state index contributed by atoms with van der Waals surface area (Å²) >= 11 is 0. The van der Waals surface area contributed by atoms with Gasteiger partial charge in [-0.1, -0.05) is 19.9 Å². The minimum absolute atomic E-state index is 0.293. The smallest absolute Gasteiger partial charge is 0.206 e. The Labute approximate surface area is 85.9 Å². The molecule has 0 N–H and O–H groups in total. The first kappa shape index (κ1) is 12.0. The van der Waals surface area contributed by atoms with Crippen LogP contribution in [0.3, 0.4) is 0 Å². The lowest BCUT2D eigenvalue weighted by Gasteiger charge is -2.10. The lowest BCUT2D eigenvalue weighted by molar-refractivity contribution is -0.140. The second kappa shape index (κ2) is 4.21. The number of benzene rings is 1. The molecule has 0 radical (unpaired) electrons. The van der Waals surface area contributed by atoms with Crippen LogP contribution in [0.5, 0.6) is 0 Å². The highest BCUT2D eigenvalue weighted by molar-refractivity contribution is 5.26. The van der Waals surface area contributed by atoms with E-state index in [2.05, 4.69) is 0 Å². The Morgan fingerprint density at radius 3 is 2.20 bits per heavy atom. The largest absolute Gasteiger partial charge is 0.419 e. The fraction of sp³-hybridized carbons (Fsp3) is 0.455. The van der Waals surface area contributed by atoms with Crippen molar-refractivity contribution in [1.29, 1.82) is 0 Å². The van der Waals surface area contributed by atoms with Gasteiger partial charge in [-0.25, -0.2) is 4.39 Å². The van der Waals surface area contributed by atoms with Crippen molar-refractivity contribution in [3.05, 3.63) is 35.1 Å². The molecule has 0 unspecified atom stereocenters. The molecule has 0 bridgehead atoms. The first-order valence-corrected chi connectivity index (χ1v) is 4.66. The maximum atomic E-state index is 13.1. The van der Waals surface area contributed by atoms with E-state index in [1.54, 1.807) is 0 Å². The Morgan fingerprint density at radius 1 is 1.20 bits per heavy atom. The standard InChI is InChI=1S/C11H12F4/c1-7(2)5-8-3-4-9(10(12)6-8)11(13,14)15/h3-4,6-7H,5H2,1-2H3. The minimum atomic E-state index is -4.61. The van der Waals surface area contributed by atoms with E-state index in [4.69, 9.17) is 0 Å². The zero-order chi connectivity index (χ0) is 11.6. The average Bonchev–Trinajstić information content (AvgIpc) is 1.99. The Hall–Kier alpha value is -1.06. The van der Waals surface area contributed by atoms with Crippen molar-refractivity contribution in [1.82, 2.24) is 0 Å². The lowest BCUT2D eigenvalue weighted by atomic mass is 10.0. The van der Waals surface area contributed by atoms with Crippen LogP contribution in [0.2, 0.25) is 0 Å². The lowest BCUT2D eigenvalue weighted by Crippen LogP contribution is -2.08. The van der Waals surface area contributed by atoms with Crippen molar-refractivity contribution < 1.29 is 17.6 Å². The fourth-order valence-electron chi connectivity index (χ4n) is 1.39. The maximum absolute atomic E-state index is 13.1. The second-order valence-electron chi connectivity index (χ2n) is 3.91. The summed E-state index contributed by atoms with van der Waals surface area (Å²) in [6.07, 6.45) is -4.03. The SMILES string of the molecule is CC(C)Cc1ccc(C(F)(F)F)c(F)c1. The van der Waals surface area contributed by atoms with Crippen molar-refractivity contribution in [3.63, 3.8) is 0 Å². The average molecular weight is 220 g/mol. The first-order chi connectivity index (χ1) is 6.80. The molecule has 4 heteroatoms. The van der Waals surface area contributed by atoms with E-state index in [0.29, 0.717) is 17.9 Å². The molecule has 0 amide bonds. The molecule has 0 aliphatic carbocycles. The topological polar surface area (TPSA) is 0 Å². The van der Waals surface area contributed by atoms with Gasteiger partial charge in [0, 0.05) is 0 Å². The molecule has 1 rings (SSSR count). The zero-order valence-electron chi connectivity index (χ0n) is 8.53. The zero-order valence-corrected chi connectivity index (χ0v) is 8.53. The van der Waals surface area contributed by atoms with Gasteiger partial charge in [-0.3, -0.25) is 0 Å². The summed E-state index contributed by atoms with van der Waals surface area (Å²) in [5.41, 5.74) is -0.606. The summed E-state index contributed by atoms with van der Waals surface area (Å²) in [6.45, 7) is 3.85. The van der Waals surface area contributed by atoms with Crippen molar-refractivity contribution in [2.75, 3.05) is 0 Å². The third kappa shape index (κ3) is 3.22. The van der Waals surface area contributed by atoms with Gasteiger partial charge in [0.05, 0.1) is 5.56 Å². The summed E-state index contributed by atoms with van der Waals surface area (Å²) < 4.78 is 49.7. The second-order valence-corrected chi connectivity index (χ2v) is 3.91. The highest BCUT2D eigenvalue weighted by atomic mass is 19.4. The molecule has 0 aliphatic heterocycles. The molecular formula is C11H12F4. The van der Waals surface area contributed by atoms with Gasteiger partial charge >= 0.3 is 6.18 Å². The third-order valence-electron chi connectivity index (χ3n) is 1.98. The molecule has 84 valence electrons. The molecule has 1 aromatic rings. The Kier molecular flexibility index (Phi) is 3.37. The van der Waals surface area contributed by atoms with Gasteiger partial charge in [0.15, 0.2) is 0 Å². The van der Waals surface area contributed by atoms with Crippen LogP contribution in [-0.2, 0) is 12.6 Å². The number of halogens is 4. The molecule has 1 aromatic carbocycles. The maximum Gasteiger partial charge on any atom is 0.419 e. The van der Waals surface area contributed by atoms with E-state index in [0.717, 1.165) is 12.1 Å². The van der Waals surface area contributed by atoms with Gasteiger partial charge in [0.25, 0.3) is 0 Å². The number of hydrogen-bond acceptors (Lipinski definition) is 0. The molecule has 0 heterocycles. The molecule has 0 saturated heterocycles. The molecule has 0 spiro atoms. The summed E-state index contributed by atoms with van der Waals surface area (Å²) in [5, 5.41) is 0. The van der Waals surface area contributed by atoms with Gasteiger partial charge in [0.2, 0.25) is 0 Å². The van der Waals surface area contributed by atoms with E-state index < -0.39 is 17.6 Å². The fourth-order valence-corrected chi connectivity index (χ4v) is 1.39. The predicted octanol–water partition coefficient (Wildman–Crippen LogP) is 4.04. The summed E-state index contributed by atoms with van der Waals surface area (Å²) in [7, 11) is 0. The highest BCUT2D eigenvalue weighted by Gasteiger charge is 2.33. The van der Waals surface area contributed by atoms with Crippen LogP contribution in [-0.4, -0.2) is 0 Å². The number of hydrogen-bond donors (Lipinski definition) is 0. The normalized spacial score (nSPS) is 12.2. The van der Waals surface area contributed by atoms with Gasteiger partial charge in [-0.05, 0) is 30.0 Å². The van der Waals surface area contributed by atoms with E-state index in [-0.39, 0.29) is 0 Å². The van der Waals surface area contributed by atoms with Crippen LogP contribution in [0, 0.1) is 11.7 Å². The van der Waals surface area contributed by atoms with Gasteiger partial charge in [0.1, 0.15) is 5.82 Å². The van der Waals surface area contributed by atoms with Crippen LogP contribution >= 0.6 is 0 Å². The summed E-state index contributed by atoms with van der Waals surface area (Å²) in [4.78, 5) is 0. The van der Waals surface area contributed by atoms with Crippen molar-refractivity contribution in [2.24, 2.45) is 5.92 Å². The number of alkyl halides is 3. The molecule has 0 fully saturated rings. The Bertz CT molecular complexity index is 339. The van der Waals surface area contributed by atoms with E-state index >= 15 is 0 Å². The molecule has 15 heavy (non-hydrogen) atoms. The van der Waals surface area contributed by atoms with E-state index in [1.165, 1.54) is 6.07 Å². The molecule has 0 aliphatic rings. The van der Waals surface area contributed by atoms with Gasteiger partial charge in [-0.15, -0.1) is 0 Å². The minimum Gasteiger partial charge on any atom is -0.206 e. The van der Waals surface area contributed by atoms with Gasteiger partial charge in [-0.2, -0.15) is 13.2 Å². The first-order valence-electron chi connectivity index (χ1n) is 4.66. The summed E-state index contributed by atoms with van der Waals surface area (Å²) in [5.74, 6) is -0.901. The van der Waals surface area contributed by atoms with Crippen LogP contribution in [0.4, 0.5) is 17.6 Å². The van der Waals surface area contributed by atoms with Gasteiger partial charge < -0.3 is 0 Å². The monoisotopic (exact) mass is 220 g/mol. The molecular weight excluding hydrogens is 208 g/mol. The van der Waals surface area contributed by atoms with Crippen molar-refractivity contribution >= 4 is 0 Å². The quantitative estimate of drug-likeness (QED) is 0.660. The van der Waals surface area contributed by atoms with Crippen LogP contribution < -0.4 is 0 Å². The predicted molar refractivity (Wildman–Crippen MR) is 49.9 cm³/mol. The Balaban J connectivity index is 2.99. The molecule has 0 saturated carbocycles. The van der Waals surface area contributed by atoms with Crippen LogP contribution in [0.15, 0.2) is 18.2 Å². The van der Waals surface area contributed by atoms with E-state index in [9.17, 15) is 17.6 Å². The molecule has 0 aromatic heterocycles. The highest BCUT2D eigenvalue weighted by Crippen LogP contribution is 2.31. The Morgan fingerprint density at radius 2 is 1.80 bits per heavy atom. The van der Waals surface area contributed by atoms with Crippen molar-refractivity contribution in [3.8, 4) is 0 Å². The number of rotatable bonds is 2. The van der Waals surface area contributed by atoms with Crippen LogP contribution in [0.1, 0.15) is 25.0 Å². The van der Waals surface area contributed by atoms with E-state index in [1.807, 2.05) is 13.8 Å². The molecule has 0 atom stereocenters. The van der Waals surface area contributed by atoms with Crippen molar-refractivity contribution in [2.45, 2.75) is 26.4 Å². The summed E-state index contributed by atoms with van der Waals surface area (Å²) in [6, 6.07) is 3.09.